The predicted octanol–water partition coefficient (Wildman–Crippen LogP) is 14.1. The smallest absolute Gasteiger partial charge is 0.306 e. The molecule has 0 bridgehead atoms. The van der Waals surface area contributed by atoms with Gasteiger partial charge in [-0.05, 0) is 103 Å². The molecule has 4 nitrogen and oxygen atoms in total. The van der Waals surface area contributed by atoms with Crippen molar-refractivity contribution in [3.05, 3.63) is 60.8 Å². The molecule has 276 valence electrons. The molecule has 0 radical (unpaired) electrons. The number of hydrogen-bond donors (Lipinski definition) is 1. The van der Waals surface area contributed by atoms with E-state index in [9.17, 15) is 9.59 Å². The summed E-state index contributed by atoms with van der Waals surface area (Å²) in [6.07, 6.45) is 53.8. The number of rotatable bonds is 36. The number of unbranched alkanes of at least 4 members (excludes halogenated alkanes) is 17. The molecule has 1 unspecified atom stereocenters. The van der Waals surface area contributed by atoms with E-state index in [1.54, 1.807) is 0 Å². The zero-order chi connectivity index (χ0) is 35.0. The van der Waals surface area contributed by atoms with E-state index in [0.717, 1.165) is 103 Å². The number of carbonyl (C=O) groups is 2. The zero-order valence-electron chi connectivity index (χ0n) is 31.5. The lowest BCUT2D eigenvalue weighted by Gasteiger charge is -2.18. The average molecular weight is 669 g/mol. The molecule has 4 heteroatoms. The Hall–Kier alpha value is -2.36. The third-order valence-electron chi connectivity index (χ3n) is 8.72. The molecule has 1 atom stereocenters. The summed E-state index contributed by atoms with van der Waals surface area (Å²) < 4.78 is 5.99. The molecule has 0 aromatic heterocycles. The lowest BCUT2D eigenvalue weighted by atomic mass is 10.0. The van der Waals surface area contributed by atoms with E-state index in [4.69, 9.17) is 9.84 Å². The van der Waals surface area contributed by atoms with Crippen LogP contribution in [0.25, 0.3) is 0 Å². The van der Waals surface area contributed by atoms with E-state index in [1.165, 1.54) is 70.6 Å². The number of ether oxygens (including phenoxy) is 1. The van der Waals surface area contributed by atoms with Crippen LogP contribution in [0.2, 0.25) is 0 Å². The van der Waals surface area contributed by atoms with Gasteiger partial charge >= 0.3 is 11.9 Å². The summed E-state index contributed by atoms with van der Waals surface area (Å²) in [7, 11) is 0. The highest BCUT2D eigenvalue weighted by Crippen LogP contribution is 2.18. The number of carbonyl (C=O) groups excluding carboxylic acids is 1. The van der Waals surface area contributed by atoms with Crippen LogP contribution in [-0.4, -0.2) is 23.1 Å². The third-order valence-corrected chi connectivity index (χ3v) is 8.72. The molecule has 0 aromatic rings. The van der Waals surface area contributed by atoms with Crippen molar-refractivity contribution in [1.82, 2.24) is 0 Å². The van der Waals surface area contributed by atoms with E-state index in [1.807, 2.05) is 0 Å². The Morgan fingerprint density at radius 3 is 1.42 bits per heavy atom. The molecule has 0 spiro atoms. The van der Waals surface area contributed by atoms with Gasteiger partial charge in [0.25, 0.3) is 0 Å². The van der Waals surface area contributed by atoms with Crippen molar-refractivity contribution in [1.29, 1.82) is 0 Å². The first-order valence-corrected chi connectivity index (χ1v) is 20.3. The Bertz CT molecular complexity index is 850. The second-order valence-electron chi connectivity index (χ2n) is 13.4. The Morgan fingerprint density at radius 1 is 0.479 bits per heavy atom. The Labute approximate surface area is 297 Å². The van der Waals surface area contributed by atoms with Crippen molar-refractivity contribution >= 4 is 11.9 Å². The van der Waals surface area contributed by atoms with Gasteiger partial charge in [-0.15, -0.1) is 0 Å². The van der Waals surface area contributed by atoms with Crippen LogP contribution in [0.1, 0.15) is 200 Å². The first-order chi connectivity index (χ1) is 23.6. The number of esters is 1. The van der Waals surface area contributed by atoms with Crippen LogP contribution in [0, 0.1) is 0 Å². The summed E-state index contributed by atoms with van der Waals surface area (Å²) in [5.74, 6) is -0.739. The molecule has 0 aliphatic carbocycles. The molecule has 0 amide bonds. The van der Waals surface area contributed by atoms with Crippen LogP contribution in [0.3, 0.4) is 0 Å². The van der Waals surface area contributed by atoms with Crippen LogP contribution < -0.4 is 0 Å². The summed E-state index contributed by atoms with van der Waals surface area (Å²) in [5.41, 5.74) is 0. The largest absolute Gasteiger partial charge is 0.481 e. The maximum absolute atomic E-state index is 12.7. The maximum atomic E-state index is 12.7. The molecule has 0 aliphatic heterocycles. The SMILES string of the molecule is CC/C=C\C/C=C\C/C=C\C/C=C\CCCCC(CCCCCCCC(=O)O)OC(=O)CCCCCCC/C=C\CCCCCCCC. The minimum Gasteiger partial charge on any atom is -0.481 e. The van der Waals surface area contributed by atoms with Gasteiger partial charge in [-0.3, -0.25) is 9.59 Å². The maximum Gasteiger partial charge on any atom is 0.306 e. The lowest BCUT2D eigenvalue weighted by molar-refractivity contribution is -0.150. The summed E-state index contributed by atoms with van der Waals surface area (Å²) in [6, 6.07) is 0. The molecule has 0 heterocycles. The van der Waals surface area contributed by atoms with E-state index in [-0.39, 0.29) is 18.5 Å². The molecule has 48 heavy (non-hydrogen) atoms. The highest BCUT2D eigenvalue weighted by atomic mass is 16.5. The van der Waals surface area contributed by atoms with Crippen LogP contribution >= 0.6 is 0 Å². The summed E-state index contributed by atoms with van der Waals surface area (Å²) in [6.45, 7) is 4.43. The molecule has 0 aliphatic rings. The van der Waals surface area contributed by atoms with Crippen molar-refractivity contribution in [2.45, 2.75) is 206 Å². The summed E-state index contributed by atoms with van der Waals surface area (Å²) in [5, 5.41) is 8.82. The normalized spacial score (nSPS) is 12.9. The summed E-state index contributed by atoms with van der Waals surface area (Å²) >= 11 is 0. The lowest BCUT2D eigenvalue weighted by Crippen LogP contribution is -2.18. The zero-order valence-corrected chi connectivity index (χ0v) is 31.5. The van der Waals surface area contributed by atoms with Crippen molar-refractivity contribution in [2.24, 2.45) is 0 Å². The fourth-order valence-electron chi connectivity index (χ4n) is 5.76. The first-order valence-electron chi connectivity index (χ1n) is 20.3. The average Bonchev–Trinajstić information content (AvgIpc) is 3.07. The quantitative estimate of drug-likeness (QED) is 0.0410. The monoisotopic (exact) mass is 669 g/mol. The molecular weight excluding hydrogens is 592 g/mol. The molecule has 0 saturated heterocycles. The van der Waals surface area contributed by atoms with Crippen molar-refractivity contribution < 1.29 is 19.4 Å². The van der Waals surface area contributed by atoms with E-state index >= 15 is 0 Å². The highest BCUT2D eigenvalue weighted by molar-refractivity contribution is 5.69. The number of carboxylic acids is 1. The van der Waals surface area contributed by atoms with Gasteiger partial charge in [0.2, 0.25) is 0 Å². The second-order valence-corrected chi connectivity index (χ2v) is 13.4. The van der Waals surface area contributed by atoms with Gasteiger partial charge in [-0.2, -0.15) is 0 Å². The first kappa shape index (κ1) is 45.6. The molecule has 0 aromatic carbocycles. The van der Waals surface area contributed by atoms with E-state index in [0.29, 0.717) is 6.42 Å². The van der Waals surface area contributed by atoms with Gasteiger partial charge < -0.3 is 9.84 Å². The second kappa shape index (κ2) is 39.1. The fourth-order valence-corrected chi connectivity index (χ4v) is 5.76. The molecule has 0 fully saturated rings. The topological polar surface area (TPSA) is 63.6 Å². The minimum absolute atomic E-state index is 0.0112. The number of aliphatic carboxylic acids is 1. The van der Waals surface area contributed by atoms with Gasteiger partial charge in [-0.25, -0.2) is 0 Å². The van der Waals surface area contributed by atoms with Gasteiger partial charge in [0, 0.05) is 12.8 Å². The van der Waals surface area contributed by atoms with Crippen molar-refractivity contribution in [2.75, 3.05) is 0 Å². The van der Waals surface area contributed by atoms with Crippen LogP contribution in [0.15, 0.2) is 60.8 Å². The Balaban J connectivity index is 4.16. The van der Waals surface area contributed by atoms with Crippen LogP contribution in [-0.2, 0) is 14.3 Å². The Kier molecular flexibility index (Phi) is 37.2. The third kappa shape index (κ3) is 38.1. The summed E-state index contributed by atoms with van der Waals surface area (Å²) in [4.78, 5) is 23.4. The van der Waals surface area contributed by atoms with Crippen LogP contribution in [0.5, 0.6) is 0 Å². The standard InChI is InChI=1S/C44H76O4/c1-3-5-7-9-11-13-15-17-19-21-23-25-27-30-34-38-42(39-35-31-29-32-36-40-43(45)46)48-44(47)41-37-33-28-26-24-22-20-18-16-14-12-10-8-6-4-2/h5,7,11,13,17-20,23,25,42H,3-4,6,8-10,12,14-16,21-22,24,26-41H2,1-2H3,(H,45,46)/b7-5-,13-11-,19-17-,20-18-,25-23-. The Morgan fingerprint density at radius 2 is 0.875 bits per heavy atom. The van der Waals surface area contributed by atoms with E-state index < -0.39 is 5.97 Å². The minimum atomic E-state index is -0.710. The molecule has 0 saturated carbocycles. The van der Waals surface area contributed by atoms with Gasteiger partial charge in [-0.1, -0.05) is 145 Å². The number of allylic oxidation sites excluding steroid dienone is 10. The van der Waals surface area contributed by atoms with Crippen molar-refractivity contribution in [3.63, 3.8) is 0 Å². The molecule has 1 N–H and O–H groups in total. The fraction of sp³-hybridized carbons (Fsp3) is 0.727. The highest BCUT2D eigenvalue weighted by Gasteiger charge is 2.14. The number of carboxylic acid groups (broad SMARTS) is 1. The number of hydrogen-bond acceptors (Lipinski definition) is 3. The van der Waals surface area contributed by atoms with Crippen molar-refractivity contribution in [3.8, 4) is 0 Å². The van der Waals surface area contributed by atoms with Gasteiger partial charge in [0.05, 0.1) is 0 Å². The molecule has 0 rings (SSSR count). The van der Waals surface area contributed by atoms with E-state index in [2.05, 4.69) is 74.6 Å². The van der Waals surface area contributed by atoms with Gasteiger partial charge in [0.15, 0.2) is 0 Å². The van der Waals surface area contributed by atoms with Crippen LogP contribution in [0.4, 0.5) is 0 Å². The molecular formula is C44H76O4. The predicted molar refractivity (Wildman–Crippen MR) is 208 cm³/mol. The van der Waals surface area contributed by atoms with Gasteiger partial charge in [0.1, 0.15) is 6.10 Å².